The highest BCUT2D eigenvalue weighted by atomic mass is 32.1. The van der Waals surface area contributed by atoms with Gasteiger partial charge < -0.3 is 9.47 Å². The summed E-state index contributed by atoms with van der Waals surface area (Å²) in [6, 6.07) is 0. The molecule has 0 bridgehead atoms. The molecular formula is C12H13NO4S. The highest BCUT2D eigenvalue weighted by Crippen LogP contribution is 2.32. The van der Waals surface area contributed by atoms with Crippen LogP contribution in [-0.4, -0.2) is 30.5 Å². The van der Waals surface area contributed by atoms with Gasteiger partial charge in [0, 0.05) is 17.7 Å². The molecule has 0 N–H and O–H groups in total. The van der Waals surface area contributed by atoms with E-state index in [1.54, 1.807) is 0 Å². The molecule has 6 heteroatoms. The first-order chi connectivity index (χ1) is 8.58. The lowest BCUT2D eigenvalue weighted by atomic mass is 9.90. The first kappa shape index (κ1) is 12.8. The Bertz CT molecular complexity index is 544. The topological polar surface area (TPSA) is 65.5 Å². The number of carbonyl (C=O) groups is 2. The van der Waals surface area contributed by atoms with Gasteiger partial charge in [-0.05, 0) is 24.0 Å². The molecular weight excluding hydrogens is 254 g/mol. The first-order valence-electron chi connectivity index (χ1n) is 5.41. The highest BCUT2D eigenvalue weighted by molar-refractivity contribution is 7.06. The van der Waals surface area contributed by atoms with Crippen molar-refractivity contribution in [3.63, 3.8) is 0 Å². The summed E-state index contributed by atoms with van der Waals surface area (Å²) in [5.74, 6) is -0.959. The van der Waals surface area contributed by atoms with Crippen molar-refractivity contribution < 1.29 is 19.1 Å². The number of rotatable bonds is 2. The standard InChI is InChI=1S/C12H13NO4S/c1-6-7-4-8(11(14)16-2)9(12(15)17-3)5-10(7)18-13-6/h4-5H2,1-3H3. The summed E-state index contributed by atoms with van der Waals surface area (Å²) in [4.78, 5) is 24.5. The quantitative estimate of drug-likeness (QED) is 0.753. The lowest BCUT2D eigenvalue weighted by molar-refractivity contribution is -0.139. The summed E-state index contributed by atoms with van der Waals surface area (Å²) in [6.07, 6.45) is 0.771. The van der Waals surface area contributed by atoms with Crippen molar-refractivity contribution >= 4 is 23.5 Å². The van der Waals surface area contributed by atoms with E-state index >= 15 is 0 Å². The van der Waals surface area contributed by atoms with Gasteiger partial charge in [-0.3, -0.25) is 0 Å². The van der Waals surface area contributed by atoms with Crippen molar-refractivity contribution in [1.82, 2.24) is 4.37 Å². The molecule has 2 rings (SSSR count). The molecule has 0 spiro atoms. The van der Waals surface area contributed by atoms with Crippen LogP contribution in [0.4, 0.5) is 0 Å². The number of hydrogen-bond donors (Lipinski definition) is 0. The van der Waals surface area contributed by atoms with Gasteiger partial charge in [0.25, 0.3) is 0 Å². The van der Waals surface area contributed by atoms with Crippen LogP contribution >= 0.6 is 11.5 Å². The van der Waals surface area contributed by atoms with Crippen LogP contribution in [0.1, 0.15) is 16.1 Å². The van der Waals surface area contributed by atoms with E-state index in [9.17, 15) is 9.59 Å². The number of carbonyl (C=O) groups excluding carboxylic acids is 2. The predicted molar refractivity (Wildman–Crippen MR) is 65.3 cm³/mol. The molecule has 0 aromatic carbocycles. The molecule has 5 nitrogen and oxygen atoms in total. The molecule has 1 heterocycles. The van der Waals surface area contributed by atoms with E-state index in [0.29, 0.717) is 24.0 Å². The fourth-order valence-corrected chi connectivity index (χ4v) is 2.89. The lowest BCUT2D eigenvalue weighted by Crippen LogP contribution is -2.21. The van der Waals surface area contributed by atoms with Crippen molar-refractivity contribution in [2.75, 3.05) is 14.2 Å². The summed E-state index contributed by atoms with van der Waals surface area (Å²) in [6.45, 7) is 1.90. The van der Waals surface area contributed by atoms with Crippen molar-refractivity contribution in [2.24, 2.45) is 0 Å². The summed E-state index contributed by atoms with van der Waals surface area (Å²) in [7, 11) is 2.61. The molecule has 1 aliphatic rings. The smallest absolute Gasteiger partial charge is 0.334 e. The van der Waals surface area contributed by atoms with Gasteiger partial charge in [-0.25, -0.2) is 9.59 Å². The van der Waals surface area contributed by atoms with Crippen LogP contribution in [0.2, 0.25) is 0 Å². The molecule has 0 radical (unpaired) electrons. The Balaban J connectivity index is 2.46. The molecule has 1 aromatic heterocycles. The zero-order chi connectivity index (χ0) is 13.3. The van der Waals surface area contributed by atoms with Gasteiger partial charge in [0.2, 0.25) is 0 Å². The maximum absolute atomic E-state index is 11.7. The van der Waals surface area contributed by atoms with E-state index in [4.69, 9.17) is 9.47 Å². The van der Waals surface area contributed by atoms with Gasteiger partial charge in [-0.2, -0.15) is 4.37 Å². The largest absolute Gasteiger partial charge is 0.466 e. The lowest BCUT2D eigenvalue weighted by Gasteiger charge is -2.17. The number of esters is 2. The van der Waals surface area contributed by atoms with Crippen LogP contribution in [0.15, 0.2) is 11.1 Å². The Labute approximate surface area is 109 Å². The Hall–Kier alpha value is -1.69. The fourth-order valence-electron chi connectivity index (χ4n) is 1.99. The Morgan fingerprint density at radius 1 is 1.11 bits per heavy atom. The number of aryl methyl sites for hydroxylation is 1. The van der Waals surface area contributed by atoms with E-state index < -0.39 is 11.9 Å². The van der Waals surface area contributed by atoms with Crippen LogP contribution < -0.4 is 0 Å². The zero-order valence-electron chi connectivity index (χ0n) is 10.4. The molecule has 0 saturated heterocycles. The monoisotopic (exact) mass is 267 g/mol. The third kappa shape index (κ3) is 2.03. The van der Waals surface area contributed by atoms with Crippen molar-refractivity contribution in [2.45, 2.75) is 19.8 Å². The van der Waals surface area contributed by atoms with Crippen molar-refractivity contribution in [3.05, 3.63) is 27.3 Å². The Kier molecular flexibility index (Phi) is 3.47. The van der Waals surface area contributed by atoms with E-state index in [-0.39, 0.29) is 0 Å². The molecule has 0 unspecified atom stereocenters. The maximum atomic E-state index is 11.7. The zero-order valence-corrected chi connectivity index (χ0v) is 11.2. The molecule has 96 valence electrons. The summed E-state index contributed by atoms with van der Waals surface area (Å²) >= 11 is 1.36. The molecule has 0 atom stereocenters. The van der Waals surface area contributed by atoms with Crippen molar-refractivity contribution in [3.8, 4) is 0 Å². The molecule has 0 saturated carbocycles. The number of hydrogen-bond acceptors (Lipinski definition) is 6. The SMILES string of the molecule is COC(=O)C1=C(C(=O)OC)Cc2c(C)nsc2C1. The average Bonchev–Trinajstić information content (AvgIpc) is 2.76. The van der Waals surface area contributed by atoms with Gasteiger partial charge >= 0.3 is 11.9 Å². The van der Waals surface area contributed by atoms with Gasteiger partial charge in [0.1, 0.15) is 0 Å². The number of aromatic nitrogens is 1. The van der Waals surface area contributed by atoms with Crippen LogP contribution in [0, 0.1) is 6.92 Å². The molecule has 1 aromatic rings. The number of nitrogens with zero attached hydrogens (tertiary/aromatic N) is 1. The minimum Gasteiger partial charge on any atom is -0.466 e. The minimum absolute atomic E-state index is 0.375. The van der Waals surface area contributed by atoms with Gasteiger partial charge in [-0.1, -0.05) is 0 Å². The van der Waals surface area contributed by atoms with E-state index in [1.807, 2.05) is 6.92 Å². The van der Waals surface area contributed by atoms with Crippen LogP contribution in [0.5, 0.6) is 0 Å². The summed E-state index contributed by atoms with van der Waals surface area (Å²) < 4.78 is 13.7. The normalized spacial score (nSPS) is 14.2. The Morgan fingerprint density at radius 3 is 2.22 bits per heavy atom. The minimum atomic E-state index is -0.480. The second-order valence-corrected chi connectivity index (χ2v) is 4.82. The third-order valence-electron chi connectivity index (χ3n) is 2.98. The van der Waals surface area contributed by atoms with Crippen LogP contribution in [-0.2, 0) is 31.9 Å². The summed E-state index contributed by atoms with van der Waals surface area (Å²) in [5, 5.41) is 0. The molecule has 0 aliphatic heterocycles. The molecule has 0 amide bonds. The van der Waals surface area contributed by atoms with Gasteiger partial charge in [0.05, 0.1) is 31.1 Å². The number of ether oxygens (including phenoxy) is 2. The van der Waals surface area contributed by atoms with E-state index in [1.165, 1.54) is 25.8 Å². The van der Waals surface area contributed by atoms with Gasteiger partial charge in [0.15, 0.2) is 0 Å². The number of methoxy groups -OCH3 is 2. The van der Waals surface area contributed by atoms with Crippen LogP contribution in [0.25, 0.3) is 0 Å². The van der Waals surface area contributed by atoms with E-state index in [0.717, 1.165) is 16.1 Å². The average molecular weight is 267 g/mol. The molecule has 1 aliphatic carbocycles. The van der Waals surface area contributed by atoms with E-state index in [2.05, 4.69) is 4.37 Å². The first-order valence-corrected chi connectivity index (χ1v) is 6.18. The number of fused-ring (bicyclic) bond motifs is 1. The maximum Gasteiger partial charge on any atom is 0.334 e. The third-order valence-corrected chi connectivity index (χ3v) is 3.96. The second kappa shape index (κ2) is 4.89. The van der Waals surface area contributed by atoms with Crippen molar-refractivity contribution in [1.29, 1.82) is 0 Å². The van der Waals surface area contributed by atoms with Gasteiger partial charge in [-0.15, -0.1) is 0 Å². The molecule has 18 heavy (non-hydrogen) atoms. The predicted octanol–water partition coefficient (Wildman–Crippen LogP) is 1.19. The highest BCUT2D eigenvalue weighted by Gasteiger charge is 2.30. The Morgan fingerprint density at radius 2 is 1.67 bits per heavy atom. The fraction of sp³-hybridized carbons (Fsp3) is 0.417. The van der Waals surface area contributed by atoms with Crippen LogP contribution in [0.3, 0.4) is 0 Å². The molecule has 0 fully saturated rings. The summed E-state index contributed by atoms with van der Waals surface area (Å²) in [5.41, 5.74) is 2.68. The second-order valence-electron chi connectivity index (χ2n) is 3.96.